The molecule has 2 heterocycles. The molecule has 0 aromatic rings. The summed E-state index contributed by atoms with van der Waals surface area (Å²) in [5, 5.41) is 0.842. The van der Waals surface area contributed by atoms with Gasteiger partial charge in [-0.05, 0) is 25.3 Å². The molecule has 0 aromatic carbocycles. The van der Waals surface area contributed by atoms with Crippen molar-refractivity contribution in [3.05, 3.63) is 23.8 Å². The molecule has 3 aliphatic rings. The Labute approximate surface area is 164 Å². The number of ether oxygens (including phenoxy) is 1. The van der Waals surface area contributed by atoms with Crippen molar-refractivity contribution >= 4 is 35.8 Å². The number of allylic oxidation sites excluding steroid dienone is 2. The first-order valence-electron chi connectivity index (χ1n) is 9.03. The van der Waals surface area contributed by atoms with E-state index in [1.54, 1.807) is 18.2 Å². The minimum atomic E-state index is -1.22. The van der Waals surface area contributed by atoms with Gasteiger partial charge in [-0.25, -0.2) is 9.59 Å². The second-order valence-electron chi connectivity index (χ2n) is 6.47. The molecule has 154 valence electrons. The van der Waals surface area contributed by atoms with Crippen LogP contribution in [0.5, 0.6) is 0 Å². The number of carbonyl (C=O) groups excluding carboxylic acids is 6. The maximum absolute atomic E-state index is 12.3. The molecule has 4 amide bonds. The van der Waals surface area contributed by atoms with Crippen LogP contribution in [0.1, 0.15) is 44.9 Å². The zero-order chi connectivity index (χ0) is 21.0. The number of amides is 4. The highest BCUT2D eigenvalue weighted by atomic mass is 16.8. The molecule has 11 heteroatoms. The Morgan fingerprint density at radius 2 is 1.38 bits per heavy atom. The van der Waals surface area contributed by atoms with Gasteiger partial charge in [0.1, 0.15) is 6.10 Å². The third kappa shape index (κ3) is 4.86. The largest absolute Gasteiger partial charge is 0.534 e. The van der Waals surface area contributed by atoms with E-state index in [1.807, 2.05) is 0 Å². The van der Waals surface area contributed by atoms with Crippen LogP contribution in [-0.2, 0) is 38.4 Å². The van der Waals surface area contributed by atoms with Crippen LogP contribution in [0.2, 0.25) is 0 Å². The fourth-order valence-corrected chi connectivity index (χ4v) is 2.90. The summed E-state index contributed by atoms with van der Waals surface area (Å²) in [5.74, 6) is -3.24. The third-order valence-electron chi connectivity index (χ3n) is 4.41. The maximum atomic E-state index is 12.3. The highest BCUT2D eigenvalue weighted by molar-refractivity contribution is 6.03. The first-order valence-corrected chi connectivity index (χ1v) is 9.03. The first kappa shape index (κ1) is 20.2. The lowest BCUT2D eigenvalue weighted by Gasteiger charge is -2.19. The zero-order valence-electron chi connectivity index (χ0n) is 15.3. The number of imide groups is 2. The predicted molar refractivity (Wildman–Crippen MR) is 90.7 cm³/mol. The molecule has 11 nitrogen and oxygen atoms in total. The fraction of sp³-hybridized carbons (Fsp3) is 0.444. The summed E-state index contributed by atoms with van der Waals surface area (Å²) in [4.78, 5) is 79.7. The number of rotatable bonds is 4. The van der Waals surface area contributed by atoms with Gasteiger partial charge >= 0.3 is 12.1 Å². The molecule has 3 rings (SSSR count). The molecule has 0 bridgehead atoms. The molecule has 0 N–H and O–H groups in total. The van der Waals surface area contributed by atoms with Gasteiger partial charge in [0.2, 0.25) is 0 Å². The van der Waals surface area contributed by atoms with Crippen molar-refractivity contribution in [2.45, 2.75) is 51.0 Å². The lowest BCUT2D eigenvalue weighted by Crippen LogP contribution is -2.34. The van der Waals surface area contributed by atoms with Gasteiger partial charge in [0.05, 0.1) is 0 Å². The van der Waals surface area contributed by atoms with Crippen LogP contribution in [0.4, 0.5) is 4.79 Å². The zero-order valence-corrected chi connectivity index (χ0v) is 15.3. The summed E-state index contributed by atoms with van der Waals surface area (Å²) in [6.07, 6.45) is 3.37. The fourth-order valence-electron chi connectivity index (χ4n) is 2.90. The summed E-state index contributed by atoms with van der Waals surface area (Å²) in [7, 11) is 0. The van der Waals surface area contributed by atoms with Crippen LogP contribution < -0.4 is 0 Å². The molecule has 0 saturated carbocycles. The average molecular weight is 406 g/mol. The van der Waals surface area contributed by atoms with Gasteiger partial charge in [-0.1, -0.05) is 17.2 Å². The molecule has 0 unspecified atom stereocenters. The lowest BCUT2D eigenvalue weighted by atomic mass is 10.0. The highest BCUT2D eigenvalue weighted by Gasteiger charge is 2.35. The average Bonchev–Trinajstić information content (AvgIpc) is 3.14. The van der Waals surface area contributed by atoms with Crippen molar-refractivity contribution in [2.24, 2.45) is 0 Å². The van der Waals surface area contributed by atoms with Crippen LogP contribution in [0.3, 0.4) is 0 Å². The van der Waals surface area contributed by atoms with Crippen molar-refractivity contribution in [3.8, 4) is 0 Å². The Hall–Kier alpha value is -3.50. The molecule has 0 aromatic heterocycles. The van der Waals surface area contributed by atoms with Gasteiger partial charge in [-0.3, -0.25) is 24.0 Å². The Bertz CT molecular complexity index is 797. The van der Waals surface area contributed by atoms with Crippen molar-refractivity contribution in [1.29, 1.82) is 0 Å². The molecular formula is C18H18N2O9. The standard InChI is InChI=1S/C18H18N2O9/c21-13-7-8-14(22)19(13)28-17(25)11-3-1-2-4-12(6-5-11)27-18(26)29-20-15(23)9-10-16(20)24/h2-4,12H,1,5-10H2/b4-2+,11-3+/t12-/m1/s1. The van der Waals surface area contributed by atoms with Crippen molar-refractivity contribution < 1.29 is 43.2 Å². The van der Waals surface area contributed by atoms with Crippen LogP contribution in [0.25, 0.3) is 0 Å². The van der Waals surface area contributed by atoms with Crippen molar-refractivity contribution in [1.82, 2.24) is 10.1 Å². The summed E-state index contributed by atoms with van der Waals surface area (Å²) < 4.78 is 5.09. The van der Waals surface area contributed by atoms with E-state index in [1.165, 1.54) is 0 Å². The highest BCUT2D eigenvalue weighted by Crippen LogP contribution is 2.20. The molecule has 2 saturated heterocycles. The number of hydrogen-bond acceptors (Lipinski definition) is 9. The monoisotopic (exact) mass is 406 g/mol. The molecule has 2 fully saturated rings. The molecule has 0 radical (unpaired) electrons. The first-order chi connectivity index (χ1) is 13.8. The van der Waals surface area contributed by atoms with Crippen LogP contribution in [0.15, 0.2) is 23.8 Å². The minimum Gasteiger partial charge on any atom is -0.425 e. The predicted octanol–water partition coefficient (Wildman–Crippen LogP) is 0.846. The lowest BCUT2D eigenvalue weighted by molar-refractivity contribution is -0.194. The summed E-state index contributed by atoms with van der Waals surface area (Å²) >= 11 is 0. The Kier molecular flexibility index (Phi) is 6.05. The number of carbonyl (C=O) groups is 6. The molecule has 2 aliphatic heterocycles. The molecule has 0 spiro atoms. The topological polar surface area (TPSA) is 137 Å². The normalized spacial score (nSPS) is 25.2. The molecule has 1 aliphatic carbocycles. The second-order valence-corrected chi connectivity index (χ2v) is 6.47. The third-order valence-corrected chi connectivity index (χ3v) is 4.41. The quantitative estimate of drug-likeness (QED) is 0.378. The van der Waals surface area contributed by atoms with Crippen LogP contribution in [0, 0.1) is 0 Å². The Morgan fingerprint density at radius 3 is 1.97 bits per heavy atom. The number of hydrogen-bond donors (Lipinski definition) is 0. The van der Waals surface area contributed by atoms with Gasteiger partial charge in [-0.2, -0.15) is 0 Å². The van der Waals surface area contributed by atoms with E-state index in [0.717, 1.165) is 0 Å². The van der Waals surface area contributed by atoms with E-state index >= 15 is 0 Å². The number of hydroxylamine groups is 4. The molecule has 29 heavy (non-hydrogen) atoms. The maximum Gasteiger partial charge on any atom is 0.534 e. The van der Waals surface area contributed by atoms with E-state index in [0.29, 0.717) is 16.5 Å². The van der Waals surface area contributed by atoms with Gasteiger partial charge < -0.3 is 9.57 Å². The minimum absolute atomic E-state index is 0.00600. The summed E-state index contributed by atoms with van der Waals surface area (Å²) in [6, 6.07) is 0. The van der Waals surface area contributed by atoms with Gasteiger partial charge in [0.15, 0.2) is 0 Å². The van der Waals surface area contributed by atoms with Gasteiger partial charge in [-0.15, -0.1) is 5.06 Å². The van der Waals surface area contributed by atoms with E-state index in [4.69, 9.17) is 9.57 Å². The molecule has 1 atom stereocenters. The van der Waals surface area contributed by atoms with Crippen LogP contribution >= 0.6 is 0 Å². The molecular weight excluding hydrogens is 388 g/mol. The van der Waals surface area contributed by atoms with E-state index in [9.17, 15) is 28.8 Å². The summed E-state index contributed by atoms with van der Waals surface area (Å²) in [5.41, 5.74) is 0.216. The van der Waals surface area contributed by atoms with Gasteiger partial charge in [0, 0.05) is 31.3 Å². The Morgan fingerprint density at radius 1 is 0.828 bits per heavy atom. The van der Waals surface area contributed by atoms with Crippen molar-refractivity contribution in [2.75, 3.05) is 0 Å². The summed E-state index contributed by atoms with van der Waals surface area (Å²) in [6.45, 7) is 0. The van der Waals surface area contributed by atoms with Gasteiger partial charge in [0.25, 0.3) is 23.6 Å². The second kappa shape index (κ2) is 8.67. The van der Waals surface area contributed by atoms with Crippen molar-refractivity contribution in [3.63, 3.8) is 0 Å². The van der Waals surface area contributed by atoms with E-state index < -0.39 is 41.9 Å². The Balaban J connectivity index is 1.53. The number of nitrogens with zero attached hydrogens (tertiary/aromatic N) is 2. The van der Waals surface area contributed by atoms with E-state index in [2.05, 4.69) is 4.84 Å². The van der Waals surface area contributed by atoms with Crippen LogP contribution in [-0.4, -0.2) is 52.0 Å². The van der Waals surface area contributed by atoms with E-state index in [-0.39, 0.29) is 44.1 Å². The SMILES string of the molecule is O=C(O[C@@H]1/C=C/C/C=C(/C(=O)ON2C(=O)CCC2=O)CC1)ON1C(=O)CCC1=O. The smallest absolute Gasteiger partial charge is 0.425 e.